The Labute approximate surface area is 85.7 Å². The van der Waals surface area contributed by atoms with Crippen molar-refractivity contribution in [1.82, 2.24) is 4.90 Å². The zero-order valence-electron chi connectivity index (χ0n) is 8.54. The first kappa shape index (κ1) is 11.3. The smallest absolute Gasteiger partial charge is 0.0586 e. The van der Waals surface area contributed by atoms with Gasteiger partial charge in [0.2, 0.25) is 0 Å². The first-order valence-electron chi connectivity index (χ1n) is 5.22. The number of nitrogens with zero attached hydrogens (tertiary/aromatic N) is 1. The monoisotopic (exact) mass is 203 g/mol. The summed E-state index contributed by atoms with van der Waals surface area (Å²) < 4.78 is 0. The van der Waals surface area contributed by atoms with Crippen LogP contribution in [-0.4, -0.2) is 47.8 Å². The molecule has 1 atom stereocenters. The summed E-state index contributed by atoms with van der Waals surface area (Å²) in [6, 6.07) is 0.439. The van der Waals surface area contributed by atoms with E-state index in [1.54, 1.807) is 0 Å². The van der Waals surface area contributed by atoms with E-state index in [0.29, 0.717) is 12.6 Å². The van der Waals surface area contributed by atoms with Crippen molar-refractivity contribution in [3.05, 3.63) is 0 Å². The second-order valence-electron chi connectivity index (χ2n) is 3.71. The molecule has 1 fully saturated rings. The van der Waals surface area contributed by atoms with Gasteiger partial charge in [-0.2, -0.15) is 11.8 Å². The molecule has 0 radical (unpaired) electrons. The first-order valence-corrected chi connectivity index (χ1v) is 6.61. The van der Waals surface area contributed by atoms with Crippen molar-refractivity contribution in [2.45, 2.75) is 31.7 Å². The van der Waals surface area contributed by atoms with Crippen LogP contribution in [0.1, 0.15) is 25.7 Å². The zero-order chi connectivity index (χ0) is 9.52. The molecule has 1 heterocycles. The Morgan fingerprint density at radius 1 is 1.38 bits per heavy atom. The topological polar surface area (TPSA) is 23.5 Å². The number of hydrogen-bond acceptors (Lipinski definition) is 3. The van der Waals surface area contributed by atoms with E-state index in [1.165, 1.54) is 38.0 Å². The minimum absolute atomic E-state index is 0.342. The fourth-order valence-electron chi connectivity index (χ4n) is 1.95. The van der Waals surface area contributed by atoms with E-state index in [9.17, 15) is 5.11 Å². The highest BCUT2D eigenvalue weighted by Gasteiger charge is 2.18. The molecule has 1 rings (SSSR count). The molecule has 0 amide bonds. The van der Waals surface area contributed by atoms with Crippen LogP contribution in [0.2, 0.25) is 0 Å². The summed E-state index contributed by atoms with van der Waals surface area (Å²) in [7, 11) is 0. The number of thioether (sulfide) groups is 1. The lowest BCUT2D eigenvalue weighted by Crippen LogP contribution is -2.38. The molecule has 1 unspecified atom stereocenters. The van der Waals surface area contributed by atoms with Crippen LogP contribution in [0.5, 0.6) is 0 Å². The van der Waals surface area contributed by atoms with Gasteiger partial charge in [0.1, 0.15) is 0 Å². The van der Waals surface area contributed by atoms with Crippen LogP contribution >= 0.6 is 11.8 Å². The van der Waals surface area contributed by atoms with Crippen molar-refractivity contribution in [3.63, 3.8) is 0 Å². The Morgan fingerprint density at radius 2 is 2.23 bits per heavy atom. The number of hydrogen-bond donors (Lipinski definition) is 1. The molecule has 0 aliphatic carbocycles. The third-order valence-corrected chi connectivity index (χ3v) is 3.38. The summed E-state index contributed by atoms with van der Waals surface area (Å²) in [5.74, 6) is 1.19. The third kappa shape index (κ3) is 3.88. The Balaban J connectivity index is 2.34. The number of likely N-dealkylation sites (tertiary alicyclic amines) is 1. The first-order chi connectivity index (χ1) is 6.38. The van der Waals surface area contributed by atoms with Crippen molar-refractivity contribution in [2.24, 2.45) is 0 Å². The molecular formula is C10H21NOS. The van der Waals surface area contributed by atoms with E-state index in [-0.39, 0.29) is 0 Å². The summed E-state index contributed by atoms with van der Waals surface area (Å²) in [5.41, 5.74) is 0. The molecular weight excluding hydrogens is 182 g/mol. The summed E-state index contributed by atoms with van der Waals surface area (Å²) >= 11 is 1.89. The molecule has 1 aliphatic rings. The van der Waals surface area contributed by atoms with Crippen LogP contribution in [0, 0.1) is 0 Å². The molecule has 0 aromatic rings. The molecule has 1 N–H and O–H groups in total. The van der Waals surface area contributed by atoms with Crippen LogP contribution < -0.4 is 0 Å². The predicted octanol–water partition coefficient (Wildman–Crippen LogP) is 1.59. The molecule has 13 heavy (non-hydrogen) atoms. The number of aliphatic hydroxyl groups excluding tert-OH is 1. The van der Waals surface area contributed by atoms with Crippen molar-refractivity contribution in [1.29, 1.82) is 0 Å². The predicted molar refractivity (Wildman–Crippen MR) is 59.3 cm³/mol. The SMILES string of the molecule is CSCCN1CCCCCC1CO. The van der Waals surface area contributed by atoms with Crippen LogP contribution in [0.4, 0.5) is 0 Å². The largest absolute Gasteiger partial charge is 0.395 e. The molecule has 0 spiro atoms. The van der Waals surface area contributed by atoms with E-state index in [0.717, 1.165) is 6.54 Å². The van der Waals surface area contributed by atoms with Gasteiger partial charge >= 0.3 is 0 Å². The molecule has 2 nitrogen and oxygen atoms in total. The van der Waals surface area contributed by atoms with Gasteiger partial charge in [-0.1, -0.05) is 12.8 Å². The zero-order valence-corrected chi connectivity index (χ0v) is 9.35. The van der Waals surface area contributed by atoms with Crippen LogP contribution in [0.25, 0.3) is 0 Å². The van der Waals surface area contributed by atoms with Gasteiger partial charge in [0.05, 0.1) is 6.61 Å². The van der Waals surface area contributed by atoms with Gasteiger partial charge in [0.25, 0.3) is 0 Å². The normalized spacial score (nSPS) is 25.8. The maximum absolute atomic E-state index is 9.24. The molecule has 1 aliphatic heterocycles. The molecule has 0 saturated carbocycles. The Hall–Kier alpha value is 0.270. The second kappa shape index (κ2) is 6.68. The van der Waals surface area contributed by atoms with Gasteiger partial charge < -0.3 is 5.11 Å². The maximum Gasteiger partial charge on any atom is 0.0586 e. The van der Waals surface area contributed by atoms with Crippen LogP contribution in [-0.2, 0) is 0 Å². The fourth-order valence-corrected chi connectivity index (χ4v) is 2.36. The van der Waals surface area contributed by atoms with E-state index in [2.05, 4.69) is 11.2 Å². The highest BCUT2D eigenvalue weighted by Crippen LogP contribution is 2.16. The highest BCUT2D eigenvalue weighted by atomic mass is 32.2. The van der Waals surface area contributed by atoms with Gasteiger partial charge in [-0.15, -0.1) is 0 Å². The Bertz CT molecular complexity index is 132. The fraction of sp³-hybridized carbons (Fsp3) is 1.00. The van der Waals surface area contributed by atoms with Gasteiger partial charge in [-0.25, -0.2) is 0 Å². The lowest BCUT2D eigenvalue weighted by Gasteiger charge is -2.27. The molecule has 0 aromatic heterocycles. The minimum atomic E-state index is 0.342. The second-order valence-corrected chi connectivity index (χ2v) is 4.70. The van der Waals surface area contributed by atoms with Crippen molar-refractivity contribution >= 4 is 11.8 Å². The standard InChI is InChI=1S/C10H21NOS/c1-13-8-7-11-6-4-2-3-5-10(11)9-12/h10,12H,2-9H2,1H3. The van der Waals surface area contributed by atoms with Crippen molar-refractivity contribution < 1.29 is 5.11 Å². The number of aliphatic hydroxyl groups is 1. The van der Waals surface area contributed by atoms with Crippen molar-refractivity contribution in [3.8, 4) is 0 Å². The summed E-state index contributed by atoms with van der Waals surface area (Å²) in [4.78, 5) is 2.46. The molecule has 78 valence electrons. The highest BCUT2D eigenvalue weighted by molar-refractivity contribution is 7.98. The Kier molecular flexibility index (Phi) is 5.83. The van der Waals surface area contributed by atoms with Crippen molar-refractivity contribution in [2.75, 3.05) is 31.7 Å². The summed E-state index contributed by atoms with van der Waals surface area (Å²) in [6.45, 7) is 2.67. The minimum Gasteiger partial charge on any atom is -0.395 e. The van der Waals surface area contributed by atoms with E-state index < -0.39 is 0 Å². The van der Waals surface area contributed by atoms with Gasteiger partial charge in [0.15, 0.2) is 0 Å². The van der Waals surface area contributed by atoms with Gasteiger partial charge in [-0.05, 0) is 25.6 Å². The summed E-state index contributed by atoms with van der Waals surface area (Å²) in [5, 5.41) is 9.24. The molecule has 1 saturated heterocycles. The van der Waals surface area contributed by atoms with E-state index in [1.807, 2.05) is 11.8 Å². The average molecular weight is 203 g/mol. The van der Waals surface area contributed by atoms with E-state index >= 15 is 0 Å². The van der Waals surface area contributed by atoms with Crippen LogP contribution in [0.15, 0.2) is 0 Å². The van der Waals surface area contributed by atoms with Gasteiger partial charge in [0, 0.05) is 18.3 Å². The average Bonchev–Trinajstić information content (AvgIpc) is 2.39. The number of rotatable bonds is 4. The third-order valence-electron chi connectivity index (χ3n) is 2.79. The van der Waals surface area contributed by atoms with Gasteiger partial charge in [-0.3, -0.25) is 4.90 Å². The van der Waals surface area contributed by atoms with Crippen LogP contribution in [0.3, 0.4) is 0 Å². The maximum atomic E-state index is 9.24. The lowest BCUT2D eigenvalue weighted by molar-refractivity contribution is 0.131. The Morgan fingerprint density at radius 3 is 2.92 bits per heavy atom. The van der Waals surface area contributed by atoms with E-state index in [4.69, 9.17) is 0 Å². The quantitative estimate of drug-likeness (QED) is 0.750. The molecule has 3 heteroatoms. The molecule has 0 bridgehead atoms. The lowest BCUT2D eigenvalue weighted by atomic mass is 10.1. The molecule has 0 aromatic carbocycles. The summed E-state index contributed by atoms with van der Waals surface area (Å²) in [6.07, 6.45) is 7.27.